The first-order chi connectivity index (χ1) is 34.9. The Morgan fingerprint density at radius 1 is 0.500 bits per heavy atom. The molecule has 24 heteroatoms. The molecule has 0 saturated carbocycles. The number of aryl methyl sites for hydroxylation is 2. The van der Waals surface area contributed by atoms with Crippen molar-refractivity contribution < 1.29 is 68.4 Å². The first kappa shape index (κ1) is 58.6. The molecule has 2 heterocycles. The van der Waals surface area contributed by atoms with Crippen molar-refractivity contribution in [3.05, 3.63) is 104 Å². The summed E-state index contributed by atoms with van der Waals surface area (Å²) in [7, 11) is 7.59. The zero-order valence-electron chi connectivity index (χ0n) is 39.9. The normalized spacial score (nSPS) is 12.0. The molecule has 74 heavy (non-hydrogen) atoms. The molecule has 2 aliphatic carbocycles. The number of halogens is 3. The summed E-state index contributed by atoms with van der Waals surface area (Å²) in [5.74, 6) is -2.01. The second-order valence-electron chi connectivity index (χ2n) is 16.0. The molecule has 0 unspecified atom stereocenters. The molecule has 0 fully saturated rings. The van der Waals surface area contributed by atoms with E-state index in [9.17, 15) is 44.7 Å². The lowest BCUT2D eigenvalue weighted by atomic mass is 9.95. The average Bonchev–Trinajstić information content (AvgIpc) is 3.92. The van der Waals surface area contributed by atoms with Crippen LogP contribution in [0.3, 0.4) is 0 Å². The maximum absolute atomic E-state index is 13.6. The molecule has 6 aromatic rings. The summed E-state index contributed by atoms with van der Waals surface area (Å²) in [5, 5.41) is 60.2. The van der Waals surface area contributed by atoms with Gasteiger partial charge in [-0.25, -0.2) is 0 Å². The molecule has 0 bridgehead atoms. The standard InChI is InChI=1S/C27H30N2O7S.C22H20N2O7S.CH4.BBr3/c1-32-17-10-15(11-18(14-17)33-2)25(30)29-27-23(19-8-6-7-9-22(19)37-27)26(31)28-16-12-20(34-3)24(36-5)21(13-16)35-4;25-12-5-10(6-13(26)9-12)20(30)24-22-18(14-3-1-2-4-17(14)32-22)21(31)23-11-7-15(27)19(29)16(28)8-11;;2-1(3)4/h10-14H,6-9H2,1-5H3,(H,28,31)(H,29,30);5-9,25-29H,1-4H2,(H,23,31)(H,24,30);1H4;. The minimum atomic E-state index is -0.696. The summed E-state index contributed by atoms with van der Waals surface area (Å²) in [5.41, 5.74) is 3.46. The second-order valence-corrected chi connectivity index (χ2v) is 24.7. The van der Waals surface area contributed by atoms with Gasteiger partial charge in [0.1, 0.15) is 33.0 Å². The van der Waals surface area contributed by atoms with Crippen molar-refractivity contribution >= 4 is 118 Å². The fourth-order valence-corrected chi connectivity index (χ4v) is 10.6. The highest BCUT2D eigenvalue weighted by Gasteiger charge is 2.29. The smallest absolute Gasteiger partial charge is 0.369 e. The zero-order chi connectivity index (χ0) is 53.1. The third-order valence-corrected chi connectivity index (χ3v) is 13.7. The predicted molar refractivity (Wildman–Crippen MR) is 300 cm³/mol. The number of methoxy groups -OCH3 is 5. The molecular weight excluding hydrogens is 1200 g/mol. The molecule has 2 aliphatic rings. The second kappa shape index (κ2) is 26.7. The Kier molecular flexibility index (Phi) is 21.2. The van der Waals surface area contributed by atoms with E-state index in [1.807, 2.05) is 0 Å². The summed E-state index contributed by atoms with van der Waals surface area (Å²) in [6.07, 6.45) is 6.94. The summed E-state index contributed by atoms with van der Waals surface area (Å²) < 4.78 is 27.1. The number of carbonyl (C=O) groups excluding carboxylic acids is 4. The molecule has 4 aromatic carbocycles. The van der Waals surface area contributed by atoms with E-state index in [2.05, 4.69) is 68.5 Å². The Morgan fingerprint density at radius 2 is 0.892 bits per heavy atom. The van der Waals surface area contributed by atoms with Crippen LogP contribution >= 0.6 is 69.9 Å². The van der Waals surface area contributed by atoms with Crippen LogP contribution in [-0.4, -0.2) is 87.9 Å². The number of phenols is 5. The van der Waals surface area contributed by atoms with E-state index in [1.54, 1.807) is 30.3 Å². The third kappa shape index (κ3) is 14.5. The van der Waals surface area contributed by atoms with Gasteiger partial charge in [0.25, 0.3) is 23.6 Å². The highest BCUT2D eigenvalue weighted by molar-refractivity contribution is 9.69. The van der Waals surface area contributed by atoms with E-state index in [1.165, 1.54) is 70.4 Å². The third-order valence-electron chi connectivity index (χ3n) is 11.3. The topological polar surface area (TPSA) is 264 Å². The predicted octanol–water partition coefficient (Wildman–Crippen LogP) is 11.6. The van der Waals surface area contributed by atoms with Gasteiger partial charge in [-0.05, 0) is 86.8 Å². The number of nitrogens with one attached hydrogen (secondary N) is 4. The maximum atomic E-state index is 13.6. The van der Waals surface area contributed by atoms with Crippen molar-refractivity contribution in [3.8, 4) is 57.5 Å². The molecule has 8 rings (SSSR count). The highest BCUT2D eigenvalue weighted by Crippen LogP contribution is 2.44. The van der Waals surface area contributed by atoms with Crippen LogP contribution < -0.4 is 45.0 Å². The van der Waals surface area contributed by atoms with Crippen molar-refractivity contribution in [1.29, 1.82) is 0 Å². The van der Waals surface area contributed by atoms with Crippen molar-refractivity contribution in [1.82, 2.24) is 0 Å². The lowest BCUT2D eigenvalue weighted by molar-refractivity contribution is 0.101. The Labute approximate surface area is 460 Å². The molecule has 4 amide bonds. The van der Waals surface area contributed by atoms with Crippen LogP contribution in [0.15, 0.2) is 60.7 Å². The first-order valence-electron chi connectivity index (χ1n) is 22.2. The average molecular weight is 1250 g/mol. The molecule has 9 N–H and O–H groups in total. The molecule has 0 spiro atoms. The van der Waals surface area contributed by atoms with Crippen LogP contribution in [0.5, 0.6) is 57.5 Å². The van der Waals surface area contributed by atoms with Gasteiger partial charge in [0.05, 0.1) is 46.7 Å². The van der Waals surface area contributed by atoms with Crippen molar-refractivity contribution in [2.75, 3.05) is 56.8 Å². The molecule has 0 saturated heterocycles. The Morgan fingerprint density at radius 3 is 1.28 bits per heavy atom. The summed E-state index contributed by atoms with van der Waals surface area (Å²) in [4.78, 5) is 54.8. The molecule has 0 atom stereocenters. The van der Waals surface area contributed by atoms with E-state index >= 15 is 0 Å². The van der Waals surface area contributed by atoms with E-state index in [4.69, 9.17) is 23.7 Å². The highest BCUT2D eigenvalue weighted by atomic mass is 79.9. The number of carbonyl (C=O) groups is 4. The Hall–Kier alpha value is -6.34. The van der Waals surface area contributed by atoms with Gasteiger partial charge in [-0.2, -0.15) is 0 Å². The van der Waals surface area contributed by atoms with Gasteiger partial charge >= 0.3 is 3.18 Å². The number of anilines is 4. The number of rotatable bonds is 13. The summed E-state index contributed by atoms with van der Waals surface area (Å²) in [6.45, 7) is 0. The maximum Gasteiger partial charge on any atom is 0.369 e. The monoisotopic (exact) mass is 1250 g/mol. The lowest BCUT2D eigenvalue weighted by Gasteiger charge is -2.16. The molecule has 394 valence electrons. The number of ether oxygens (including phenoxy) is 5. The van der Waals surface area contributed by atoms with Crippen LogP contribution in [0.1, 0.15) is 95.4 Å². The van der Waals surface area contributed by atoms with Gasteiger partial charge in [0, 0.05) is 68.7 Å². The van der Waals surface area contributed by atoms with Crippen LogP contribution in [0.4, 0.5) is 21.4 Å². The van der Waals surface area contributed by atoms with E-state index in [-0.39, 0.29) is 50.7 Å². The molecule has 0 aliphatic heterocycles. The zero-order valence-corrected chi connectivity index (χ0v) is 46.3. The Balaban J connectivity index is 0.000000254. The number of aromatic hydroxyl groups is 5. The first-order valence-corrected chi connectivity index (χ1v) is 26.5. The van der Waals surface area contributed by atoms with Gasteiger partial charge in [0.15, 0.2) is 28.7 Å². The number of phenolic OH excluding ortho intramolecular Hbond substituents is 5. The largest absolute Gasteiger partial charge is 0.508 e. The van der Waals surface area contributed by atoms with Gasteiger partial charge in [-0.3, -0.25) is 19.2 Å². The van der Waals surface area contributed by atoms with E-state index < -0.39 is 29.1 Å². The summed E-state index contributed by atoms with van der Waals surface area (Å²) >= 11 is 12.0. The minimum Gasteiger partial charge on any atom is -0.508 e. The SMILES string of the molecule is BrB(Br)Br.C.COc1cc(OC)cc(C(=O)Nc2sc3c(c2C(=O)Nc2cc(OC)c(OC)c(OC)c2)CCCC3)c1.O=C(Nc1sc2c(c1C(=O)Nc1cc(O)c(O)c(O)c1)CCCC2)c1cc(O)cc(O)c1. The fourth-order valence-electron chi connectivity index (χ4n) is 8.02. The lowest BCUT2D eigenvalue weighted by Crippen LogP contribution is -2.19. The molecule has 2 aromatic heterocycles. The number of benzene rings is 4. The fraction of sp³-hybridized carbons (Fsp3) is 0.280. The molecular formula is C50H54BBr3N4O14S2. The number of fused-ring (bicyclic) bond motifs is 2. The number of amides is 4. The van der Waals surface area contributed by atoms with Crippen LogP contribution in [0.2, 0.25) is 0 Å². The van der Waals surface area contributed by atoms with Gasteiger partial charge < -0.3 is 70.5 Å². The number of hydrogen-bond acceptors (Lipinski definition) is 16. The van der Waals surface area contributed by atoms with E-state index in [0.717, 1.165) is 84.0 Å². The van der Waals surface area contributed by atoms with Crippen LogP contribution in [0, 0.1) is 0 Å². The number of hydrogen-bond donors (Lipinski definition) is 9. The van der Waals surface area contributed by atoms with Gasteiger partial charge in [-0.15, -0.1) is 69.9 Å². The van der Waals surface area contributed by atoms with Crippen LogP contribution in [0.25, 0.3) is 0 Å². The van der Waals surface area contributed by atoms with Gasteiger partial charge in [0.2, 0.25) is 5.75 Å². The van der Waals surface area contributed by atoms with E-state index in [0.29, 0.717) is 62.0 Å². The minimum absolute atomic E-state index is 0. The van der Waals surface area contributed by atoms with Crippen molar-refractivity contribution in [2.45, 2.75) is 58.8 Å². The quantitative estimate of drug-likeness (QED) is 0.0296. The molecule has 18 nitrogen and oxygen atoms in total. The Bertz CT molecular complexity index is 2930. The van der Waals surface area contributed by atoms with Crippen LogP contribution in [-0.2, 0) is 25.7 Å². The number of thiophene rings is 2. The van der Waals surface area contributed by atoms with Crippen molar-refractivity contribution in [3.63, 3.8) is 0 Å². The molecule has 0 radical (unpaired) electrons. The van der Waals surface area contributed by atoms with Gasteiger partial charge in [-0.1, -0.05) is 7.43 Å². The summed E-state index contributed by atoms with van der Waals surface area (Å²) in [6, 6.07) is 14.0. The van der Waals surface area contributed by atoms with Crippen molar-refractivity contribution in [2.24, 2.45) is 0 Å².